The molecule has 0 radical (unpaired) electrons. The molecule has 0 aromatic heterocycles. The number of carbonyl (C=O) groups is 2. The third-order valence-corrected chi connectivity index (χ3v) is 2.84. The molecule has 1 aliphatic heterocycles. The lowest BCUT2D eigenvalue weighted by atomic mass is 10.00. The van der Waals surface area contributed by atoms with Gasteiger partial charge in [-0.3, -0.25) is 4.79 Å². The quantitative estimate of drug-likeness (QED) is 0.789. The molecule has 18 heavy (non-hydrogen) atoms. The van der Waals surface area contributed by atoms with Crippen molar-refractivity contribution in [3.05, 3.63) is 0 Å². The smallest absolute Gasteiger partial charge is 0.410 e. The summed E-state index contributed by atoms with van der Waals surface area (Å²) in [6, 6.07) is -0.853. The van der Waals surface area contributed by atoms with Crippen LogP contribution in [0.2, 0.25) is 0 Å². The van der Waals surface area contributed by atoms with Gasteiger partial charge in [0, 0.05) is 13.1 Å². The van der Waals surface area contributed by atoms with E-state index >= 15 is 0 Å². The first-order valence-electron chi connectivity index (χ1n) is 6.15. The lowest BCUT2D eigenvalue weighted by Crippen LogP contribution is -2.36. The molecule has 104 valence electrons. The summed E-state index contributed by atoms with van der Waals surface area (Å²) < 4.78 is 5.26. The largest absolute Gasteiger partial charge is 0.480 e. The number of amides is 1. The molecule has 0 aliphatic carbocycles. The van der Waals surface area contributed by atoms with Crippen LogP contribution in [-0.4, -0.2) is 46.8 Å². The van der Waals surface area contributed by atoms with Gasteiger partial charge in [0.15, 0.2) is 0 Å². The van der Waals surface area contributed by atoms with Crippen molar-refractivity contribution in [3.63, 3.8) is 0 Å². The Kier molecular flexibility index (Phi) is 4.56. The van der Waals surface area contributed by atoms with Crippen LogP contribution in [0.15, 0.2) is 0 Å². The number of ether oxygens (including phenoxy) is 1. The molecule has 6 heteroatoms. The number of likely N-dealkylation sites (tertiary alicyclic amines) is 1. The van der Waals surface area contributed by atoms with Gasteiger partial charge in [-0.25, -0.2) is 4.79 Å². The van der Waals surface area contributed by atoms with Crippen molar-refractivity contribution in [1.29, 1.82) is 0 Å². The fourth-order valence-corrected chi connectivity index (χ4v) is 1.98. The Hall–Kier alpha value is -1.30. The van der Waals surface area contributed by atoms with E-state index in [9.17, 15) is 9.59 Å². The molecule has 2 atom stereocenters. The van der Waals surface area contributed by atoms with E-state index in [1.54, 1.807) is 4.90 Å². The number of hydrogen-bond donors (Lipinski definition) is 2. The molecule has 0 bridgehead atoms. The molecule has 0 spiro atoms. The van der Waals surface area contributed by atoms with Crippen LogP contribution in [0.1, 0.15) is 33.6 Å². The number of nitrogens with zero attached hydrogens (tertiary/aromatic N) is 1. The summed E-state index contributed by atoms with van der Waals surface area (Å²) in [4.78, 5) is 24.1. The second-order valence-electron chi connectivity index (χ2n) is 5.76. The normalized spacial score (nSPS) is 21.8. The van der Waals surface area contributed by atoms with Gasteiger partial charge in [-0.1, -0.05) is 0 Å². The van der Waals surface area contributed by atoms with Gasteiger partial charge in [0.1, 0.15) is 11.6 Å². The van der Waals surface area contributed by atoms with Crippen LogP contribution in [0.25, 0.3) is 0 Å². The average Bonchev–Trinajstić information content (AvgIpc) is 2.63. The Morgan fingerprint density at radius 1 is 1.50 bits per heavy atom. The molecule has 1 heterocycles. The maximum absolute atomic E-state index is 11.8. The lowest BCUT2D eigenvalue weighted by molar-refractivity contribution is -0.138. The van der Waals surface area contributed by atoms with Crippen molar-refractivity contribution in [3.8, 4) is 0 Å². The minimum atomic E-state index is -0.995. The fourth-order valence-electron chi connectivity index (χ4n) is 1.98. The number of nitrogens with two attached hydrogens (primary N) is 1. The summed E-state index contributed by atoms with van der Waals surface area (Å²) in [7, 11) is 0. The van der Waals surface area contributed by atoms with Crippen LogP contribution in [0, 0.1) is 5.92 Å². The Morgan fingerprint density at radius 3 is 2.61 bits per heavy atom. The average molecular weight is 258 g/mol. The fraction of sp³-hybridized carbons (Fsp3) is 0.833. The Morgan fingerprint density at radius 2 is 2.11 bits per heavy atom. The first-order chi connectivity index (χ1) is 8.19. The van der Waals surface area contributed by atoms with Crippen LogP contribution < -0.4 is 5.73 Å². The van der Waals surface area contributed by atoms with E-state index in [0.29, 0.717) is 19.5 Å². The third-order valence-electron chi connectivity index (χ3n) is 2.84. The molecule has 1 rings (SSSR count). The molecule has 3 N–H and O–H groups in total. The molecule has 1 amide bonds. The molecule has 1 fully saturated rings. The van der Waals surface area contributed by atoms with E-state index in [0.717, 1.165) is 6.42 Å². The zero-order chi connectivity index (χ0) is 13.9. The molecule has 0 aromatic rings. The van der Waals surface area contributed by atoms with Crippen molar-refractivity contribution in [1.82, 2.24) is 4.90 Å². The minimum Gasteiger partial charge on any atom is -0.480 e. The van der Waals surface area contributed by atoms with Crippen molar-refractivity contribution >= 4 is 12.1 Å². The maximum Gasteiger partial charge on any atom is 0.410 e. The molecule has 1 aliphatic rings. The highest BCUT2D eigenvalue weighted by atomic mass is 16.6. The second-order valence-corrected chi connectivity index (χ2v) is 5.76. The Labute approximate surface area is 107 Å². The summed E-state index contributed by atoms with van der Waals surface area (Å²) in [5, 5.41) is 8.74. The minimum absolute atomic E-state index is 0.142. The van der Waals surface area contributed by atoms with Gasteiger partial charge in [0.25, 0.3) is 0 Å². The number of carboxylic acid groups (broad SMARTS) is 1. The first-order valence-corrected chi connectivity index (χ1v) is 6.15. The van der Waals surface area contributed by atoms with Crippen LogP contribution in [0.3, 0.4) is 0 Å². The van der Waals surface area contributed by atoms with Crippen molar-refractivity contribution < 1.29 is 19.4 Å². The zero-order valence-corrected chi connectivity index (χ0v) is 11.2. The van der Waals surface area contributed by atoms with E-state index in [1.165, 1.54) is 0 Å². The molecular formula is C12H22N2O4. The molecule has 0 saturated carbocycles. The summed E-state index contributed by atoms with van der Waals surface area (Å²) in [6.07, 6.45) is 0.836. The van der Waals surface area contributed by atoms with Crippen molar-refractivity contribution in [2.75, 3.05) is 13.1 Å². The highest BCUT2D eigenvalue weighted by Crippen LogP contribution is 2.22. The van der Waals surface area contributed by atoms with Gasteiger partial charge in [-0.15, -0.1) is 0 Å². The summed E-state index contributed by atoms with van der Waals surface area (Å²) >= 11 is 0. The second kappa shape index (κ2) is 5.56. The van der Waals surface area contributed by atoms with Gasteiger partial charge < -0.3 is 20.5 Å². The lowest BCUT2D eigenvalue weighted by Gasteiger charge is -2.24. The number of rotatable bonds is 3. The SMILES string of the molecule is CC(C)(C)OC(=O)N1CC[C@@H](C[C@H](N)C(=O)O)C1. The van der Waals surface area contributed by atoms with E-state index in [-0.39, 0.29) is 12.0 Å². The van der Waals surface area contributed by atoms with E-state index in [2.05, 4.69) is 0 Å². The number of hydrogen-bond acceptors (Lipinski definition) is 4. The zero-order valence-electron chi connectivity index (χ0n) is 11.2. The molecular weight excluding hydrogens is 236 g/mol. The van der Waals surface area contributed by atoms with Crippen LogP contribution in [-0.2, 0) is 9.53 Å². The predicted molar refractivity (Wildman–Crippen MR) is 66.1 cm³/mol. The standard InChI is InChI=1S/C12H22N2O4/c1-12(2,3)18-11(17)14-5-4-8(7-14)6-9(13)10(15)16/h8-9H,4-7,13H2,1-3H3,(H,15,16)/t8-,9-/m0/s1. The first kappa shape index (κ1) is 14.8. The van der Waals surface area contributed by atoms with Gasteiger partial charge in [-0.05, 0) is 39.5 Å². The van der Waals surface area contributed by atoms with Crippen LogP contribution >= 0.6 is 0 Å². The van der Waals surface area contributed by atoms with E-state index in [4.69, 9.17) is 15.6 Å². The number of carbonyl (C=O) groups excluding carboxylic acids is 1. The maximum atomic E-state index is 11.8. The third kappa shape index (κ3) is 4.52. The monoisotopic (exact) mass is 258 g/mol. The molecule has 0 unspecified atom stereocenters. The highest BCUT2D eigenvalue weighted by molar-refractivity contribution is 5.73. The predicted octanol–water partition coefficient (Wildman–Crippen LogP) is 1.05. The molecule has 1 saturated heterocycles. The van der Waals surface area contributed by atoms with Gasteiger partial charge in [0.2, 0.25) is 0 Å². The molecule has 0 aromatic carbocycles. The topological polar surface area (TPSA) is 92.9 Å². The number of aliphatic carboxylic acids is 1. The number of carboxylic acids is 1. The van der Waals surface area contributed by atoms with Crippen molar-refractivity contribution in [2.24, 2.45) is 11.7 Å². The highest BCUT2D eigenvalue weighted by Gasteiger charge is 2.31. The molecule has 6 nitrogen and oxygen atoms in total. The van der Waals surface area contributed by atoms with E-state index in [1.807, 2.05) is 20.8 Å². The Balaban J connectivity index is 2.41. The van der Waals surface area contributed by atoms with Gasteiger partial charge >= 0.3 is 12.1 Å². The van der Waals surface area contributed by atoms with E-state index < -0.39 is 17.6 Å². The van der Waals surface area contributed by atoms with Crippen LogP contribution in [0.5, 0.6) is 0 Å². The van der Waals surface area contributed by atoms with Gasteiger partial charge in [0.05, 0.1) is 0 Å². The summed E-state index contributed by atoms with van der Waals surface area (Å²) in [5.41, 5.74) is 4.98. The van der Waals surface area contributed by atoms with Crippen LogP contribution in [0.4, 0.5) is 4.79 Å². The van der Waals surface area contributed by atoms with Crippen molar-refractivity contribution in [2.45, 2.75) is 45.3 Å². The summed E-state index contributed by atoms with van der Waals surface area (Å²) in [5.74, 6) is -0.852. The summed E-state index contributed by atoms with van der Waals surface area (Å²) in [6.45, 7) is 6.58. The van der Waals surface area contributed by atoms with Gasteiger partial charge in [-0.2, -0.15) is 0 Å². The Bertz CT molecular complexity index is 325.